The van der Waals surface area contributed by atoms with Crippen LogP contribution in [0.1, 0.15) is 22.3 Å². The predicted octanol–water partition coefficient (Wildman–Crippen LogP) is 3.57. The van der Waals surface area contributed by atoms with E-state index < -0.39 is 0 Å². The number of anilines is 3. The fourth-order valence-corrected chi connectivity index (χ4v) is 2.41. The van der Waals surface area contributed by atoms with Crippen LogP contribution in [0.15, 0.2) is 64.8 Å². The van der Waals surface area contributed by atoms with Crippen molar-refractivity contribution in [1.82, 2.24) is 9.97 Å². The lowest BCUT2D eigenvalue weighted by atomic mass is 10.2. The van der Waals surface area contributed by atoms with Gasteiger partial charge in [0.2, 0.25) is 5.95 Å². The van der Waals surface area contributed by atoms with Crippen LogP contribution in [0.2, 0.25) is 0 Å². The molecule has 3 aromatic rings. The van der Waals surface area contributed by atoms with Crippen molar-refractivity contribution in [3.8, 4) is 0 Å². The summed E-state index contributed by atoms with van der Waals surface area (Å²) in [5.74, 6) is 1.07. The molecule has 0 unspecified atom stereocenters. The molecule has 1 aromatic heterocycles. The van der Waals surface area contributed by atoms with Crippen molar-refractivity contribution in [1.29, 1.82) is 0 Å². The molecule has 0 saturated carbocycles. The highest BCUT2D eigenvalue weighted by atomic mass is 15.4. The van der Waals surface area contributed by atoms with E-state index in [4.69, 9.17) is 5.73 Å². The first-order valence-corrected chi connectivity index (χ1v) is 8.44. The maximum Gasteiger partial charge on any atom is 0.247 e. The molecule has 0 fully saturated rings. The number of hydrogen-bond acceptors (Lipinski definition) is 7. The Labute approximate surface area is 158 Å². The summed E-state index contributed by atoms with van der Waals surface area (Å²) < 4.78 is 0. The van der Waals surface area contributed by atoms with E-state index in [1.165, 1.54) is 5.56 Å². The summed E-state index contributed by atoms with van der Waals surface area (Å²) in [6.45, 7) is 4.06. The molecule has 1 heterocycles. The predicted molar refractivity (Wildman–Crippen MR) is 111 cm³/mol. The van der Waals surface area contributed by atoms with Crippen molar-refractivity contribution in [2.24, 2.45) is 10.2 Å². The van der Waals surface area contributed by atoms with E-state index in [0.717, 1.165) is 16.7 Å². The highest BCUT2D eigenvalue weighted by Gasteiger charge is 2.01. The minimum absolute atomic E-state index is 0.284. The molecule has 2 aromatic carbocycles. The van der Waals surface area contributed by atoms with Crippen molar-refractivity contribution in [3.05, 3.63) is 76.9 Å². The number of aromatic nitrogens is 2. The monoisotopic (exact) mass is 359 g/mol. The molecule has 0 radical (unpaired) electrons. The lowest BCUT2D eigenvalue weighted by Gasteiger charge is -2.04. The highest BCUT2D eigenvalue weighted by Crippen LogP contribution is 2.12. The molecule has 0 aliphatic rings. The van der Waals surface area contributed by atoms with Crippen molar-refractivity contribution in [3.63, 3.8) is 0 Å². The molecule has 0 saturated heterocycles. The molecular weight excluding hydrogens is 338 g/mol. The molecule has 0 amide bonds. The van der Waals surface area contributed by atoms with Gasteiger partial charge in [0.25, 0.3) is 0 Å². The van der Waals surface area contributed by atoms with Gasteiger partial charge in [0.15, 0.2) is 5.82 Å². The molecule has 136 valence electrons. The van der Waals surface area contributed by atoms with E-state index in [9.17, 15) is 0 Å². The Morgan fingerprint density at radius 1 is 0.815 bits per heavy atom. The third-order valence-electron chi connectivity index (χ3n) is 3.60. The molecule has 3 rings (SSSR count). The van der Waals surface area contributed by atoms with Crippen molar-refractivity contribution < 1.29 is 0 Å². The van der Waals surface area contributed by atoms with Crippen LogP contribution in [0.5, 0.6) is 0 Å². The molecule has 0 bridgehead atoms. The maximum atomic E-state index is 5.83. The number of nitrogens with zero attached hydrogens (tertiary/aromatic N) is 4. The minimum atomic E-state index is 0.284. The van der Waals surface area contributed by atoms with E-state index >= 15 is 0 Å². The highest BCUT2D eigenvalue weighted by molar-refractivity contribution is 5.81. The summed E-state index contributed by atoms with van der Waals surface area (Å²) in [7, 11) is 0. The lowest BCUT2D eigenvalue weighted by Crippen LogP contribution is -2.03. The number of hydrazone groups is 2. The van der Waals surface area contributed by atoms with Gasteiger partial charge in [0, 0.05) is 6.07 Å². The lowest BCUT2D eigenvalue weighted by molar-refractivity contribution is 1.11. The van der Waals surface area contributed by atoms with Gasteiger partial charge in [-0.2, -0.15) is 20.2 Å². The van der Waals surface area contributed by atoms with Crippen LogP contribution in [0.3, 0.4) is 0 Å². The van der Waals surface area contributed by atoms with Crippen molar-refractivity contribution in [2.75, 3.05) is 16.6 Å². The second kappa shape index (κ2) is 8.57. The number of hydrogen-bond donors (Lipinski definition) is 3. The summed E-state index contributed by atoms with van der Waals surface area (Å²) in [4.78, 5) is 8.40. The number of benzene rings is 2. The Morgan fingerprint density at radius 2 is 1.41 bits per heavy atom. The van der Waals surface area contributed by atoms with E-state index in [1.807, 2.05) is 62.4 Å². The Kier molecular flexibility index (Phi) is 5.73. The molecule has 0 atom stereocenters. The van der Waals surface area contributed by atoms with Gasteiger partial charge in [-0.1, -0.05) is 59.7 Å². The van der Waals surface area contributed by atoms with Crippen molar-refractivity contribution in [2.45, 2.75) is 13.8 Å². The zero-order chi connectivity index (χ0) is 19.1. The first-order chi connectivity index (χ1) is 13.1. The molecule has 0 aliphatic carbocycles. The Hall–Kier alpha value is -3.74. The fraction of sp³-hybridized carbons (Fsp3) is 0.100. The molecule has 0 spiro atoms. The number of nitrogen functional groups attached to an aromatic ring is 1. The topological polar surface area (TPSA) is 101 Å². The minimum Gasteiger partial charge on any atom is -0.383 e. The maximum absolute atomic E-state index is 5.83. The zero-order valence-electron chi connectivity index (χ0n) is 15.2. The summed E-state index contributed by atoms with van der Waals surface area (Å²) in [6, 6.07) is 17.6. The average molecular weight is 359 g/mol. The van der Waals surface area contributed by atoms with Crippen LogP contribution >= 0.6 is 0 Å². The number of nitrogens with one attached hydrogen (secondary N) is 2. The Morgan fingerprint density at radius 3 is 2.00 bits per heavy atom. The second-order valence-electron chi connectivity index (χ2n) is 6.07. The molecule has 0 aliphatic heterocycles. The molecule has 27 heavy (non-hydrogen) atoms. The van der Waals surface area contributed by atoms with E-state index in [1.54, 1.807) is 18.5 Å². The van der Waals surface area contributed by atoms with Gasteiger partial charge in [-0.25, -0.2) is 5.43 Å². The Bertz CT molecular complexity index is 904. The van der Waals surface area contributed by atoms with E-state index in [0.29, 0.717) is 11.6 Å². The number of nitrogens with two attached hydrogens (primary N) is 1. The van der Waals surface area contributed by atoms with Crippen LogP contribution in [0, 0.1) is 13.8 Å². The second-order valence-corrected chi connectivity index (χ2v) is 6.07. The van der Waals surface area contributed by atoms with Crippen LogP contribution in [-0.2, 0) is 0 Å². The van der Waals surface area contributed by atoms with Crippen molar-refractivity contribution >= 4 is 30.0 Å². The van der Waals surface area contributed by atoms with Crippen LogP contribution < -0.4 is 16.6 Å². The van der Waals surface area contributed by atoms with Gasteiger partial charge in [-0.15, -0.1) is 0 Å². The smallest absolute Gasteiger partial charge is 0.247 e. The summed E-state index contributed by atoms with van der Waals surface area (Å²) in [6.07, 6.45) is 3.41. The third-order valence-corrected chi connectivity index (χ3v) is 3.60. The van der Waals surface area contributed by atoms with Gasteiger partial charge < -0.3 is 5.73 Å². The standard InChI is InChI=1S/C20H21N7/c1-14-5-3-7-16(9-14)12-22-26-19-11-18(21)24-20(25-19)27-23-13-17-8-4-6-15(2)10-17/h3-13H,1-2H3,(H4,21,24,25,26,27)/b22-12+,23-13+. The third kappa shape index (κ3) is 5.64. The Balaban J connectivity index is 1.65. The largest absolute Gasteiger partial charge is 0.383 e. The van der Waals surface area contributed by atoms with E-state index in [-0.39, 0.29) is 5.95 Å². The normalized spacial score (nSPS) is 11.2. The molecular formula is C20H21N7. The first-order valence-electron chi connectivity index (χ1n) is 8.44. The summed E-state index contributed by atoms with van der Waals surface area (Å²) in [5, 5.41) is 8.34. The summed E-state index contributed by atoms with van der Waals surface area (Å²) in [5.41, 5.74) is 15.8. The van der Waals surface area contributed by atoms with Gasteiger partial charge in [-0.05, 0) is 25.0 Å². The molecule has 7 nitrogen and oxygen atoms in total. The van der Waals surface area contributed by atoms with Crippen LogP contribution in [0.4, 0.5) is 17.6 Å². The van der Waals surface area contributed by atoms with E-state index in [2.05, 4.69) is 31.0 Å². The average Bonchev–Trinajstić information content (AvgIpc) is 2.61. The molecule has 4 N–H and O–H groups in total. The number of rotatable bonds is 6. The van der Waals surface area contributed by atoms with Gasteiger partial charge in [0.05, 0.1) is 12.4 Å². The van der Waals surface area contributed by atoms with Gasteiger partial charge >= 0.3 is 0 Å². The van der Waals surface area contributed by atoms with Gasteiger partial charge in [0.1, 0.15) is 5.82 Å². The van der Waals surface area contributed by atoms with Gasteiger partial charge in [-0.3, -0.25) is 5.43 Å². The van der Waals surface area contributed by atoms with Crippen LogP contribution in [-0.4, -0.2) is 22.4 Å². The fourth-order valence-electron chi connectivity index (χ4n) is 2.41. The summed E-state index contributed by atoms with van der Waals surface area (Å²) >= 11 is 0. The molecule has 7 heteroatoms. The SMILES string of the molecule is Cc1cccc(/C=N/Nc2cc(N)nc(N/N=C/c3cccc(C)c3)n2)c1. The quantitative estimate of drug-likeness (QED) is 0.461. The zero-order valence-corrected chi connectivity index (χ0v) is 15.2. The first kappa shape index (κ1) is 18.1. The van der Waals surface area contributed by atoms with Crippen LogP contribution in [0.25, 0.3) is 0 Å². The number of aryl methyl sites for hydroxylation is 2.